The Labute approximate surface area is 134 Å². The van der Waals surface area contributed by atoms with Crippen LogP contribution in [0.15, 0.2) is 6.07 Å². The standard InChI is InChI=1S/C16H18Cl2OS/c1-7-8(2)10(4)14(11(5)9(7)3)15(19)12-6-13(17)20-16(12)18/h6,15,19H,1-5H3. The minimum atomic E-state index is -0.732. The summed E-state index contributed by atoms with van der Waals surface area (Å²) in [6.45, 7) is 10.4. The van der Waals surface area contributed by atoms with E-state index in [0.717, 1.165) is 16.7 Å². The molecule has 0 radical (unpaired) electrons. The van der Waals surface area contributed by atoms with Gasteiger partial charge in [-0.3, -0.25) is 0 Å². The SMILES string of the molecule is Cc1c(C)c(C)c(C(O)c2cc(Cl)sc2Cl)c(C)c1C. The Morgan fingerprint density at radius 2 is 1.35 bits per heavy atom. The molecule has 1 heterocycles. The van der Waals surface area contributed by atoms with Gasteiger partial charge in [0.2, 0.25) is 0 Å². The smallest absolute Gasteiger partial charge is 0.107 e. The molecule has 2 aromatic rings. The number of rotatable bonds is 2. The minimum absolute atomic E-state index is 0.553. The van der Waals surface area contributed by atoms with Crippen molar-refractivity contribution in [2.45, 2.75) is 40.7 Å². The number of aliphatic hydroxyl groups excluding tert-OH is 1. The molecule has 0 saturated heterocycles. The first-order valence-electron chi connectivity index (χ1n) is 6.45. The topological polar surface area (TPSA) is 20.2 Å². The molecule has 0 aliphatic rings. The normalized spacial score (nSPS) is 12.8. The maximum Gasteiger partial charge on any atom is 0.107 e. The van der Waals surface area contributed by atoms with Gasteiger partial charge in [0.05, 0.1) is 4.34 Å². The van der Waals surface area contributed by atoms with Gasteiger partial charge < -0.3 is 5.11 Å². The molecule has 1 unspecified atom stereocenters. The Bertz CT molecular complexity index is 645. The zero-order valence-electron chi connectivity index (χ0n) is 12.3. The van der Waals surface area contributed by atoms with E-state index in [2.05, 4.69) is 34.6 Å². The third-order valence-corrected chi connectivity index (χ3v) is 5.83. The molecule has 2 rings (SSSR count). The molecule has 1 aromatic heterocycles. The van der Waals surface area contributed by atoms with E-state index < -0.39 is 6.10 Å². The molecule has 0 aliphatic carbocycles. The summed E-state index contributed by atoms with van der Waals surface area (Å²) in [5.74, 6) is 0. The van der Waals surface area contributed by atoms with Gasteiger partial charge in [-0.05, 0) is 74.1 Å². The van der Waals surface area contributed by atoms with Crippen LogP contribution in [0.5, 0.6) is 0 Å². The summed E-state index contributed by atoms with van der Waals surface area (Å²) in [5, 5.41) is 10.8. The average molecular weight is 329 g/mol. The van der Waals surface area contributed by atoms with Gasteiger partial charge in [-0.2, -0.15) is 0 Å². The van der Waals surface area contributed by atoms with Crippen LogP contribution in [0.3, 0.4) is 0 Å². The van der Waals surface area contributed by atoms with E-state index in [1.807, 2.05) is 0 Å². The summed E-state index contributed by atoms with van der Waals surface area (Å²) >= 11 is 13.5. The molecule has 1 atom stereocenters. The summed E-state index contributed by atoms with van der Waals surface area (Å²) in [5.41, 5.74) is 7.61. The highest BCUT2D eigenvalue weighted by Crippen LogP contribution is 2.40. The maximum atomic E-state index is 10.8. The first kappa shape index (κ1) is 15.8. The van der Waals surface area contributed by atoms with E-state index in [1.165, 1.54) is 28.0 Å². The van der Waals surface area contributed by atoms with Crippen molar-refractivity contribution in [2.24, 2.45) is 0 Å². The van der Waals surface area contributed by atoms with Crippen LogP contribution in [0.2, 0.25) is 8.67 Å². The molecule has 0 aliphatic heterocycles. The van der Waals surface area contributed by atoms with Gasteiger partial charge in [0.25, 0.3) is 0 Å². The largest absolute Gasteiger partial charge is 0.384 e. The molecular formula is C16H18Cl2OS. The Kier molecular flexibility index (Phi) is 4.50. The number of thiophene rings is 1. The molecule has 0 spiro atoms. The van der Waals surface area contributed by atoms with E-state index in [9.17, 15) is 5.11 Å². The Hall–Kier alpha value is -0.540. The van der Waals surface area contributed by atoms with Crippen molar-refractivity contribution in [3.8, 4) is 0 Å². The highest BCUT2D eigenvalue weighted by atomic mass is 35.5. The predicted molar refractivity (Wildman–Crippen MR) is 88.5 cm³/mol. The summed E-state index contributed by atoms with van der Waals surface area (Å²) in [4.78, 5) is 0. The van der Waals surface area contributed by atoms with Crippen LogP contribution in [0, 0.1) is 34.6 Å². The van der Waals surface area contributed by atoms with Crippen LogP contribution in [0.4, 0.5) is 0 Å². The van der Waals surface area contributed by atoms with E-state index in [0.29, 0.717) is 14.2 Å². The Morgan fingerprint density at radius 3 is 1.75 bits per heavy atom. The van der Waals surface area contributed by atoms with E-state index >= 15 is 0 Å². The zero-order valence-corrected chi connectivity index (χ0v) is 14.6. The van der Waals surface area contributed by atoms with E-state index in [-0.39, 0.29) is 0 Å². The quantitative estimate of drug-likeness (QED) is 0.751. The fraction of sp³-hybridized carbons (Fsp3) is 0.375. The van der Waals surface area contributed by atoms with Gasteiger partial charge in [-0.25, -0.2) is 0 Å². The second-order valence-electron chi connectivity index (χ2n) is 5.22. The van der Waals surface area contributed by atoms with Crippen molar-refractivity contribution in [2.75, 3.05) is 0 Å². The van der Waals surface area contributed by atoms with Crippen molar-refractivity contribution in [3.63, 3.8) is 0 Å². The number of benzene rings is 1. The average Bonchev–Trinajstić information content (AvgIpc) is 2.73. The lowest BCUT2D eigenvalue weighted by atomic mass is 9.86. The highest BCUT2D eigenvalue weighted by Gasteiger charge is 2.23. The summed E-state index contributed by atoms with van der Waals surface area (Å²) in [6, 6.07) is 1.75. The fourth-order valence-corrected chi connectivity index (χ4v) is 4.15. The van der Waals surface area contributed by atoms with Crippen molar-refractivity contribution in [1.29, 1.82) is 0 Å². The molecule has 0 bridgehead atoms. The van der Waals surface area contributed by atoms with Crippen LogP contribution in [-0.2, 0) is 0 Å². The molecule has 1 nitrogen and oxygen atoms in total. The van der Waals surface area contributed by atoms with Gasteiger partial charge in [0.15, 0.2) is 0 Å². The lowest BCUT2D eigenvalue weighted by molar-refractivity contribution is 0.219. The van der Waals surface area contributed by atoms with Crippen molar-refractivity contribution < 1.29 is 5.11 Å². The van der Waals surface area contributed by atoms with Crippen molar-refractivity contribution >= 4 is 34.5 Å². The fourth-order valence-electron chi connectivity index (χ4n) is 2.63. The minimum Gasteiger partial charge on any atom is -0.384 e. The van der Waals surface area contributed by atoms with Crippen LogP contribution in [0.1, 0.15) is 45.0 Å². The van der Waals surface area contributed by atoms with Gasteiger partial charge in [0, 0.05) is 5.56 Å². The summed E-state index contributed by atoms with van der Waals surface area (Å²) in [7, 11) is 0. The van der Waals surface area contributed by atoms with Crippen LogP contribution in [-0.4, -0.2) is 5.11 Å². The van der Waals surface area contributed by atoms with Gasteiger partial charge in [-0.15, -0.1) is 11.3 Å². The zero-order chi connectivity index (χ0) is 15.2. The molecule has 0 amide bonds. The number of hydrogen-bond acceptors (Lipinski definition) is 2. The number of hydrogen-bond donors (Lipinski definition) is 1. The molecule has 0 fully saturated rings. The first-order chi connectivity index (χ1) is 9.25. The molecule has 1 aromatic carbocycles. The van der Waals surface area contributed by atoms with Crippen molar-refractivity contribution in [1.82, 2.24) is 0 Å². The van der Waals surface area contributed by atoms with Gasteiger partial charge in [0.1, 0.15) is 10.4 Å². The van der Waals surface area contributed by atoms with Gasteiger partial charge in [-0.1, -0.05) is 23.2 Å². The molecule has 4 heteroatoms. The molecular weight excluding hydrogens is 311 g/mol. The monoisotopic (exact) mass is 328 g/mol. The Morgan fingerprint density at radius 1 is 0.900 bits per heavy atom. The highest BCUT2D eigenvalue weighted by molar-refractivity contribution is 7.20. The van der Waals surface area contributed by atoms with Crippen LogP contribution in [0.25, 0.3) is 0 Å². The van der Waals surface area contributed by atoms with Crippen molar-refractivity contribution in [3.05, 3.63) is 53.7 Å². The van der Waals surface area contributed by atoms with E-state index in [1.54, 1.807) is 6.07 Å². The lowest BCUT2D eigenvalue weighted by Gasteiger charge is -2.22. The number of halogens is 2. The summed E-state index contributed by atoms with van der Waals surface area (Å²) < 4.78 is 1.15. The lowest BCUT2D eigenvalue weighted by Crippen LogP contribution is -2.09. The third-order valence-electron chi connectivity index (χ3n) is 4.31. The maximum absolute atomic E-state index is 10.8. The predicted octanol–water partition coefficient (Wildman–Crippen LogP) is 5.68. The van der Waals surface area contributed by atoms with E-state index in [4.69, 9.17) is 23.2 Å². The summed E-state index contributed by atoms with van der Waals surface area (Å²) in [6.07, 6.45) is -0.732. The van der Waals surface area contributed by atoms with Crippen LogP contribution < -0.4 is 0 Å². The molecule has 20 heavy (non-hydrogen) atoms. The first-order valence-corrected chi connectivity index (χ1v) is 8.02. The second kappa shape index (κ2) is 5.69. The van der Waals surface area contributed by atoms with Gasteiger partial charge >= 0.3 is 0 Å². The Balaban J connectivity index is 2.67. The number of aliphatic hydroxyl groups is 1. The molecule has 0 saturated carbocycles. The third kappa shape index (κ3) is 2.50. The molecule has 108 valence electrons. The molecule has 1 N–H and O–H groups in total. The second-order valence-corrected chi connectivity index (χ2v) is 7.51. The van der Waals surface area contributed by atoms with Crippen LogP contribution >= 0.6 is 34.5 Å².